The van der Waals surface area contributed by atoms with Crippen molar-refractivity contribution in [3.63, 3.8) is 0 Å². The largest absolute Gasteiger partial charge is 0.507 e. The number of hydrogen-bond donors (Lipinski definition) is 20. The molecule has 25 atom stereocenters. The van der Waals surface area contributed by atoms with Crippen molar-refractivity contribution in [1.29, 1.82) is 0 Å². The molecule has 24 heteroatoms. The zero-order valence-corrected chi connectivity index (χ0v) is 49.5. The number of ketones is 1. The molecule has 0 aromatic heterocycles. The van der Waals surface area contributed by atoms with E-state index in [0.717, 1.165) is 38.5 Å². The molecule has 2 fully saturated rings. The minimum Gasteiger partial charge on any atom is -0.507 e. The van der Waals surface area contributed by atoms with Crippen LogP contribution in [-0.2, 0) is 14.3 Å². The lowest BCUT2D eigenvalue weighted by Crippen LogP contribution is -2.65. The number of carbonyl (C=O) groups is 2. The van der Waals surface area contributed by atoms with Crippen molar-refractivity contribution in [3.05, 3.63) is 23.0 Å². The van der Waals surface area contributed by atoms with Gasteiger partial charge in [-0.3, -0.25) is 9.59 Å². The second kappa shape index (κ2) is 36.1. The SMILES string of the molecule is CCCCCCCCCCC(O)CC1(O)OC(CC(O)C(O)C(O)C(O)C(O)CC(O)CC(O)CC(O)CC(O)C(C)C(O)C(C)C(O)CC(O)C(C)C(O)C(O)CC(C)CC(C)C=C(C)C(O)=C2C(=O)CN(C)C2=O)C(O)C(O)C1O. The summed E-state index contributed by atoms with van der Waals surface area (Å²) >= 11 is 0. The van der Waals surface area contributed by atoms with Crippen LogP contribution in [0.5, 0.6) is 0 Å². The van der Waals surface area contributed by atoms with Crippen molar-refractivity contribution >= 4 is 11.7 Å². The standard InChI is InChI=1S/C58H107NO23/c1-9-10-11-12-13-14-15-16-17-35(60)27-58(81)56(79)55(78)53(76)46(82-58)26-44(69)52(75)54(77)51(74)43(68)24-38(63)22-36(61)21-37(62)23-39(64)32(5)49(72)33(6)40(65)25-41(66)34(7)50(73)42(67)20-30(3)18-29(2)19-31(4)48(71)47-45(70)28-59(8)57(47)80/h19,29-30,32-44,46,49-56,60-69,71-79,81H,9-18,20-28H2,1-8H3. The monoisotopic (exact) mass is 1190 g/mol. The maximum atomic E-state index is 12.3. The van der Waals surface area contributed by atoms with E-state index in [9.17, 15) is 112 Å². The molecule has 20 N–H and O–H groups in total. The van der Waals surface area contributed by atoms with E-state index in [0.29, 0.717) is 18.4 Å². The molecule has 2 saturated heterocycles. The fraction of sp³-hybridized carbons (Fsp3) is 0.897. The Morgan fingerprint density at radius 3 is 1.56 bits per heavy atom. The Morgan fingerprint density at radius 1 is 0.573 bits per heavy atom. The number of aliphatic hydroxyl groups excluding tert-OH is 19. The fourth-order valence-electron chi connectivity index (χ4n) is 11.4. The molecule has 2 heterocycles. The van der Waals surface area contributed by atoms with Crippen LogP contribution in [0.3, 0.4) is 0 Å². The summed E-state index contributed by atoms with van der Waals surface area (Å²) in [4.78, 5) is 25.8. The van der Waals surface area contributed by atoms with Crippen LogP contribution < -0.4 is 0 Å². The summed E-state index contributed by atoms with van der Waals surface area (Å²) in [6.07, 6.45) is -25.5. The van der Waals surface area contributed by atoms with Gasteiger partial charge in [0.2, 0.25) is 0 Å². The number of Topliss-reactive ketones (excluding diaryl/α,β-unsaturated/α-hetero) is 1. The van der Waals surface area contributed by atoms with Gasteiger partial charge in [-0.05, 0) is 69.3 Å². The first-order chi connectivity index (χ1) is 38.1. The van der Waals surface area contributed by atoms with E-state index in [1.165, 1.54) is 39.1 Å². The zero-order chi connectivity index (χ0) is 62.7. The van der Waals surface area contributed by atoms with Crippen molar-refractivity contribution in [2.45, 2.75) is 286 Å². The molecule has 482 valence electrons. The Bertz CT molecular complexity index is 1920. The van der Waals surface area contributed by atoms with Gasteiger partial charge in [0.05, 0.1) is 85.9 Å². The molecular formula is C58H107NO23. The van der Waals surface area contributed by atoms with Crippen LogP contribution in [0.25, 0.3) is 0 Å². The quantitative estimate of drug-likeness (QED) is 0.0145. The summed E-state index contributed by atoms with van der Waals surface area (Å²) in [5.74, 6) is -7.23. The number of unbranched alkanes of at least 4 members (excludes halogenated alkanes) is 7. The highest BCUT2D eigenvalue weighted by Crippen LogP contribution is 2.36. The molecule has 1 amide bonds. The maximum Gasteiger partial charge on any atom is 0.261 e. The van der Waals surface area contributed by atoms with E-state index in [1.807, 2.05) is 13.8 Å². The predicted octanol–water partition coefficient (Wildman–Crippen LogP) is -1.41. The van der Waals surface area contributed by atoms with E-state index < -0.39 is 183 Å². The Kier molecular flexibility index (Phi) is 33.3. The number of ether oxygens (including phenoxy) is 1. The minimum absolute atomic E-state index is 0.120. The molecular weight excluding hydrogens is 1080 g/mol. The Morgan fingerprint density at radius 2 is 1.04 bits per heavy atom. The van der Waals surface area contributed by atoms with Crippen LogP contribution in [0.1, 0.15) is 164 Å². The molecule has 0 bridgehead atoms. The molecule has 0 radical (unpaired) electrons. The van der Waals surface area contributed by atoms with Crippen LogP contribution in [0.15, 0.2) is 23.0 Å². The van der Waals surface area contributed by atoms with Crippen molar-refractivity contribution in [2.24, 2.45) is 29.6 Å². The molecule has 0 aromatic rings. The van der Waals surface area contributed by atoms with E-state index >= 15 is 0 Å². The number of aliphatic hydroxyl groups is 20. The molecule has 0 saturated carbocycles. The third-order valence-corrected chi connectivity index (χ3v) is 17.0. The Labute approximate surface area is 483 Å². The van der Waals surface area contributed by atoms with E-state index in [2.05, 4.69) is 6.92 Å². The van der Waals surface area contributed by atoms with E-state index in [-0.39, 0.29) is 55.4 Å². The number of likely N-dealkylation sites (tertiary alicyclic amines) is 1. The summed E-state index contributed by atoms with van der Waals surface area (Å²) in [7, 11) is 1.46. The maximum absolute atomic E-state index is 12.3. The topological polar surface area (TPSA) is 451 Å². The lowest BCUT2D eigenvalue weighted by atomic mass is 9.80. The molecule has 0 spiro atoms. The van der Waals surface area contributed by atoms with Crippen LogP contribution in [0, 0.1) is 29.6 Å². The number of rotatable bonds is 40. The van der Waals surface area contributed by atoms with E-state index in [1.54, 1.807) is 13.0 Å². The lowest BCUT2D eigenvalue weighted by Gasteiger charge is -2.47. The minimum atomic E-state index is -2.59. The van der Waals surface area contributed by atoms with Gasteiger partial charge in [0, 0.05) is 44.1 Å². The second-order valence-electron chi connectivity index (χ2n) is 24.6. The van der Waals surface area contributed by atoms with Gasteiger partial charge in [-0.15, -0.1) is 0 Å². The van der Waals surface area contributed by atoms with Gasteiger partial charge in [-0.1, -0.05) is 99.0 Å². The fourth-order valence-corrected chi connectivity index (χ4v) is 11.4. The van der Waals surface area contributed by atoms with Crippen molar-refractivity contribution in [1.82, 2.24) is 4.90 Å². The van der Waals surface area contributed by atoms with Crippen molar-refractivity contribution < 1.29 is 116 Å². The zero-order valence-electron chi connectivity index (χ0n) is 49.5. The number of likely N-dealkylation sites (N-methyl/N-ethyl adjacent to an activating group) is 1. The average Bonchev–Trinajstić information content (AvgIpc) is 3.84. The lowest BCUT2D eigenvalue weighted by molar-refractivity contribution is -0.356. The van der Waals surface area contributed by atoms with E-state index in [4.69, 9.17) is 4.74 Å². The molecule has 2 rings (SSSR count). The highest BCUT2D eigenvalue weighted by Gasteiger charge is 2.54. The number of allylic oxidation sites excluding steroid dienone is 2. The molecule has 2 aliphatic heterocycles. The molecule has 2 aliphatic rings. The highest BCUT2D eigenvalue weighted by molar-refractivity contribution is 6.25. The highest BCUT2D eigenvalue weighted by atomic mass is 16.7. The number of amides is 1. The summed E-state index contributed by atoms with van der Waals surface area (Å²) in [6, 6.07) is 0. The van der Waals surface area contributed by atoms with Gasteiger partial charge in [-0.2, -0.15) is 0 Å². The van der Waals surface area contributed by atoms with Crippen LogP contribution in [-0.4, -0.2) is 254 Å². The molecule has 82 heavy (non-hydrogen) atoms. The predicted molar refractivity (Wildman–Crippen MR) is 299 cm³/mol. The summed E-state index contributed by atoms with van der Waals surface area (Å²) in [5.41, 5.74) is 0.0812. The summed E-state index contributed by atoms with van der Waals surface area (Å²) in [5, 5.41) is 216. The molecule has 24 nitrogen and oxygen atoms in total. The summed E-state index contributed by atoms with van der Waals surface area (Å²) < 4.78 is 5.50. The van der Waals surface area contributed by atoms with Crippen LogP contribution in [0.4, 0.5) is 0 Å². The van der Waals surface area contributed by atoms with Gasteiger partial charge in [-0.25, -0.2) is 0 Å². The number of carbonyl (C=O) groups excluding carboxylic acids is 2. The van der Waals surface area contributed by atoms with Crippen molar-refractivity contribution in [3.8, 4) is 0 Å². The normalized spacial score (nSPS) is 28.3. The molecule has 25 unspecified atom stereocenters. The number of nitrogens with zero attached hydrogens (tertiary/aromatic N) is 1. The smallest absolute Gasteiger partial charge is 0.261 e. The third kappa shape index (κ3) is 23.4. The first kappa shape index (κ1) is 75.7. The van der Waals surface area contributed by atoms with Crippen LogP contribution >= 0.6 is 0 Å². The molecule has 0 aromatic carbocycles. The van der Waals surface area contributed by atoms with Gasteiger partial charge in [0.1, 0.15) is 48.0 Å². The second-order valence-corrected chi connectivity index (χ2v) is 24.6. The van der Waals surface area contributed by atoms with Gasteiger partial charge >= 0.3 is 0 Å². The average molecular weight is 1190 g/mol. The van der Waals surface area contributed by atoms with Crippen LogP contribution in [0.2, 0.25) is 0 Å². The third-order valence-electron chi connectivity index (χ3n) is 17.0. The van der Waals surface area contributed by atoms with Gasteiger partial charge < -0.3 is 112 Å². The molecule has 0 aliphatic carbocycles. The first-order valence-electron chi connectivity index (χ1n) is 29.7. The summed E-state index contributed by atoms with van der Waals surface area (Å²) in [6.45, 7) is 11.7. The van der Waals surface area contributed by atoms with Crippen molar-refractivity contribution in [2.75, 3.05) is 13.6 Å². The number of hydrogen-bond acceptors (Lipinski definition) is 23. The van der Waals surface area contributed by atoms with Gasteiger partial charge in [0.15, 0.2) is 11.6 Å². The first-order valence-corrected chi connectivity index (χ1v) is 29.7. The Hall–Kier alpha value is -2.38. The van der Waals surface area contributed by atoms with Gasteiger partial charge in [0.25, 0.3) is 5.91 Å². The Balaban J connectivity index is 1.83.